The molecule has 0 spiro atoms. The lowest BCUT2D eigenvalue weighted by Crippen LogP contribution is -2.04. The average molecular weight is 318 g/mol. The maximum absolute atomic E-state index is 8.94. The molecule has 0 aliphatic heterocycles. The van der Waals surface area contributed by atoms with Gasteiger partial charge in [-0.15, -0.1) is 10.2 Å². The third-order valence-corrected chi connectivity index (χ3v) is 4.05. The zero-order valence-electron chi connectivity index (χ0n) is 10.3. The Morgan fingerprint density at radius 3 is 2.79 bits per heavy atom. The summed E-state index contributed by atoms with van der Waals surface area (Å²) in [5.74, 6) is 0.766. The van der Waals surface area contributed by atoms with Crippen LogP contribution < -0.4 is 0 Å². The van der Waals surface area contributed by atoms with Gasteiger partial charge in [0.15, 0.2) is 5.16 Å². The number of aryl methyl sites for hydroxylation is 1. The number of rotatable bonds is 5. The van der Waals surface area contributed by atoms with Gasteiger partial charge >= 0.3 is 0 Å². The molecule has 1 N–H and O–H groups in total. The lowest BCUT2D eigenvalue weighted by Gasteiger charge is -2.11. The van der Waals surface area contributed by atoms with Crippen molar-refractivity contribution in [1.82, 2.24) is 14.8 Å². The summed E-state index contributed by atoms with van der Waals surface area (Å²) in [5, 5.41) is 18.9. The molecule has 0 aliphatic rings. The topological polar surface area (TPSA) is 50.9 Å². The van der Waals surface area contributed by atoms with E-state index < -0.39 is 0 Å². The molecule has 2 aromatic rings. The molecule has 7 heteroatoms. The van der Waals surface area contributed by atoms with Crippen molar-refractivity contribution in [2.45, 2.75) is 18.0 Å². The Kier molecular flexibility index (Phi) is 5.10. The number of aliphatic hydroxyl groups excluding tert-OH is 1. The second-order valence-electron chi connectivity index (χ2n) is 3.84. The van der Waals surface area contributed by atoms with E-state index in [1.54, 1.807) is 6.07 Å². The fraction of sp³-hybridized carbons (Fsp3) is 0.333. The minimum absolute atomic E-state index is 0.116. The third kappa shape index (κ3) is 3.05. The van der Waals surface area contributed by atoms with Crippen molar-refractivity contribution < 1.29 is 5.11 Å². The molecule has 0 unspecified atom stereocenters. The van der Waals surface area contributed by atoms with Crippen molar-refractivity contribution in [2.75, 3.05) is 12.9 Å². The molecule has 1 heterocycles. The van der Waals surface area contributed by atoms with Crippen LogP contribution in [-0.4, -0.2) is 32.7 Å². The molecule has 0 aliphatic carbocycles. The number of hydrogen-bond donors (Lipinski definition) is 1. The molecule has 0 atom stereocenters. The van der Waals surface area contributed by atoms with Gasteiger partial charge in [0.25, 0.3) is 0 Å². The SMILES string of the molecule is CSc1nnc(CCCO)n1-c1cccc(Cl)c1Cl. The quantitative estimate of drug-likeness (QED) is 0.860. The zero-order valence-corrected chi connectivity index (χ0v) is 12.6. The number of halogens is 2. The Labute approximate surface area is 125 Å². The smallest absolute Gasteiger partial charge is 0.195 e. The van der Waals surface area contributed by atoms with Crippen molar-refractivity contribution in [3.63, 3.8) is 0 Å². The van der Waals surface area contributed by atoms with Crippen LogP contribution in [0.2, 0.25) is 10.0 Å². The molecule has 0 fully saturated rings. The normalized spacial score (nSPS) is 10.9. The summed E-state index contributed by atoms with van der Waals surface area (Å²) in [6.07, 6.45) is 3.19. The molecule has 0 saturated heterocycles. The van der Waals surface area contributed by atoms with Crippen molar-refractivity contribution >= 4 is 35.0 Å². The van der Waals surface area contributed by atoms with E-state index in [1.807, 2.05) is 23.0 Å². The molecular formula is C12H13Cl2N3OS. The van der Waals surface area contributed by atoms with Gasteiger partial charge in [0, 0.05) is 13.0 Å². The van der Waals surface area contributed by atoms with E-state index in [-0.39, 0.29) is 6.61 Å². The lowest BCUT2D eigenvalue weighted by molar-refractivity contribution is 0.287. The highest BCUT2D eigenvalue weighted by Gasteiger charge is 2.16. The largest absolute Gasteiger partial charge is 0.396 e. The minimum Gasteiger partial charge on any atom is -0.396 e. The minimum atomic E-state index is 0.116. The first kappa shape index (κ1) is 14.7. The highest BCUT2D eigenvalue weighted by molar-refractivity contribution is 7.98. The fourth-order valence-electron chi connectivity index (χ4n) is 1.74. The summed E-state index contributed by atoms with van der Waals surface area (Å²) in [6, 6.07) is 5.45. The summed E-state index contributed by atoms with van der Waals surface area (Å²) in [4.78, 5) is 0. The van der Waals surface area contributed by atoms with Gasteiger partial charge in [-0.2, -0.15) is 0 Å². The van der Waals surface area contributed by atoms with E-state index in [2.05, 4.69) is 10.2 Å². The highest BCUT2D eigenvalue weighted by Crippen LogP contribution is 2.31. The second-order valence-corrected chi connectivity index (χ2v) is 5.40. The van der Waals surface area contributed by atoms with E-state index in [1.165, 1.54) is 11.8 Å². The van der Waals surface area contributed by atoms with Gasteiger partial charge in [0.2, 0.25) is 0 Å². The first-order valence-electron chi connectivity index (χ1n) is 5.72. The van der Waals surface area contributed by atoms with Crippen LogP contribution in [0.15, 0.2) is 23.4 Å². The Hall–Kier alpha value is -0.750. The number of benzene rings is 1. The number of nitrogens with zero attached hydrogens (tertiary/aromatic N) is 3. The van der Waals surface area contributed by atoms with Crippen LogP contribution in [0.4, 0.5) is 0 Å². The summed E-state index contributed by atoms with van der Waals surface area (Å²) < 4.78 is 1.88. The summed E-state index contributed by atoms with van der Waals surface area (Å²) >= 11 is 13.8. The molecule has 0 bridgehead atoms. The monoisotopic (exact) mass is 317 g/mol. The zero-order chi connectivity index (χ0) is 13.8. The van der Waals surface area contributed by atoms with E-state index in [9.17, 15) is 0 Å². The van der Waals surface area contributed by atoms with Crippen LogP contribution in [0.5, 0.6) is 0 Å². The molecule has 0 amide bonds. The molecule has 2 rings (SSSR count). The number of thioether (sulfide) groups is 1. The maximum atomic E-state index is 8.94. The van der Waals surface area contributed by atoms with Crippen molar-refractivity contribution in [1.29, 1.82) is 0 Å². The van der Waals surface area contributed by atoms with Gasteiger partial charge in [-0.25, -0.2) is 0 Å². The Morgan fingerprint density at radius 2 is 2.11 bits per heavy atom. The van der Waals surface area contributed by atoms with Gasteiger partial charge in [-0.1, -0.05) is 41.0 Å². The average Bonchev–Trinajstić information content (AvgIpc) is 2.82. The van der Waals surface area contributed by atoms with Crippen molar-refractivity contribution in [3.8, 4) is 5.69 Å². The van der Waals surface area contributed by atoms with Crippen LogP contribution in [0.25, 0.3) is 5.69 Å². The van der Waals surface area contributed by atoms with Gasteiger partial charge in [-0.05, 0) is 24.8 Å². The van der Waals surface area contributed by atoms with Crippen molar-refractivity contribution in [3.05, 3.63) is 34.1 Å². The number of aliphatic hydroxyl groups is 1. The van der Waals surface area contributed by atoms with Crippen molar-refractivity contribution in [2.24, 2.45) is 0 Å². The van der Waals surface area contributed by atoms with Gasteiger partial charge in [0.1, 0.15) is 5.82 Å². The van der Waals surface area contributed by atoms with E-state index in [0.29, 0.717) is 22.9 Å². The highest BCUT2D eigenvalue weighted by atomic mass is 35.5. The van der Waals surface area contributed by atoms with E-state index in [4.69, 9.17) is 28.3 Å². The predicted molar refractivity (Wildman–Crippen MR) is 78.6 cm³/mol. The van der Waals surface area contributed by atoms with Crippen LogP contribution in [0.1, 0.15) is 12.2 Å². The molecule has 0 radical (unpaired) electrons. The van der Waals surface area contributed by atoms with Gasteiger partial charge < -0.3 is 5.11 Å². The molecular weight excluding hydrogens is 305 g/mol. The summed E-state index contributed by atoms with van der Waals surface area (Å²) in [5.41, 5.74) is 0.761. The van der Waals surface area contributed by atoms with Crippen LogP contribution >= 0.6 is 35.0 Å². The Balaban J connectivity index is 2.52. The van der Waals surface area contributed by atoms with Crippen LogP contribution in [0.3, 0.4) is 0 Å². The predicted octanol–water partition coefficient (Wildman–Crippen LogP) is 3.22. The molecule has 19 heavy (non-hydrogen) atoms. The van der Waals surface area contributed by atoms with E-state index in [0.717, 1.165) is 16.7 Å². The second kappa shape index (κ2) is 6.61. The summed E-state index contributed by atoms with van der Waals surface area (Å²) in [6.45, 7) is 0.116. The summed E-state index contributed by atoms with van der Waals surface area (Å²) in [7, 11) is 0. The number of aromatic nitrogens is 3. The third-order valence-electron chi connectivity index (χ3n) is 2.61. The Bertz CT molecular complexity index is 574. The first-order valence-corrected chi connectivity index (χ1v) is 7.70. The Morgan fingerprint density at radius 1 is 1.32 bits per heavy atom. The first-order chi connectivity index (χ1) is 9.19. The molecule has 102 valence electrons. The fourth-order valence-corrected chi connectivity index (χ4v) is 2.63. The van der Waals surface area contributed by atoms with E-state index >= 15 is 0 Å². The standard InChI is InChI=1S/C12H13Cl2N3OS/c1-19-12-16-15-10(6-3-7-18)17(12)9-5-2-4-8(13)11(9)14/h2,4-5,18H,3,6-7H2,1H3. The number of hydrogen-bond acceptors (Lipinski definition) is 4. The molecule has 0 saturated carbocycles. The molecule has 1 aromatic carbocycles. The maximum Gasteiger partial charge on any atom is 0.195 e. The van der Waals surface area contributed by atoms with Gasteiger partial charge in [-0.3, -0.25) is 4.57 Å². The van der Waals surface area contributed by atoms with Crippen LogP contribution in [-0.2, 0) is 6.42 Å². The van der Waals surface area contributed by atoms with Gasteiger partial charge in [0.05, 0.1) is 15.7 Å². The molecule has 4 nitrogen and oxygen atoms in total. The molecule has 1 aromatic heterocycles. The van der Waals surface area contributed by atoms with Crippen LogP contribution in [0, 0.1) is 0 Å². The lowest BCUT2D eigenvalue weighted by atomic mass is 10.2.